The van der Waals surface area contributed by atoms with E-state index in [0.717, 1.165) is 5.69 Å². The van der Waals surface area contributed by atoms with E-state index in [0.29, 0.717) is 5.56 Å². The number of nitrogens with zero attached hydrogens (tertiary/aromatic N) is 1. The van der Waals surface area contributed by atoms with E-state index in [2.05, 4.69) is 0 Å². The number of likely N-dealkylation sites (N-methyl/N-ethyl adjacent to an activating group) is 1. The Balaban J connectivity index is 0.000000531. The van der Waals surface area contributed by atoms with Crippen LogP contribution in [0.25, 0.3) is 0 Å². The van der Waals surface area contributed by atoms with Crippen LogP contribution in [0.5, 0.6) is 0 Å². The van der Waals surface area contributed by atoms with Crippen LogP contribution in [0.3, 0.4) is 0 Å². The van der Waals surface area contributed by atoms with Gasteiger partial charge in [-0.2, -0.15) is 0 Å². The summed E-state index contributed by atoms with van der Waals surface area (Å²) in [5.41, 5.74) is 1.43. The number of benzene rings is 1. The van der Waals surface area contributed by atoms with E-state index in [9.17, 15) is 4.79 Å². The standard InChI is InChI=1S/C9H7Cl2NO.C2H6/c1-12-7-5-3-2-4-6(7)9(10,11)8(12)13;1-2/h2-5H,1H3;1-2H3. The number of carbonyl (C=O) groups is 1. The van der Waals surface area contributed by atoms with Crippen molar-refractivity contribution in [2.45, 2.75) is 18.2 Å². The minimum Gasteiger partial charge on any atom is -0.312 e. The van der Waals surface area contributed by atoms with Gasteiger partial charge in [0.1, 0.15) is 0 Å². The second-order valence-electron chi connectivity index (χ2n) is 2.96. The molecule has 82 valence electrons. The van der Waals surface area contributed by atoms with Crippen molar-refractivity contribution in [3.05, 3.63) is 29.8 Å². The van der Waals surface area contributed by atoms with Gasteiger partial charge in [-0.25, -0.2) is 0 Å². The third-order valence-electron chi connectivity index (χ3n) is 2.18. The fourth-order valence-electron chi connectivity index (χ4n) is 1.47. The molecule has 1 aliphatic heterocycles. The Labute approximate surface area is 99.8 Å². The molecule has 0 saturated heterocycles. The molecule has 1 aromatic rings. The van der Waals surface area contributed by atoms with Crippen LogP contribution < -0.4 is 4.90 Å². The Hall–Kier alpha value is -0.730. The highest BCUT2D eigenvalue weighted by Gasteiger charge is 2.46. The lowest BCUT2D eigenvalue weighted by Gasteiger charge is -2.11. The predicted octanol–water partition coefficient (Wildman–Crippen LogP) is 3.32. The lowest BCUT2D eigenvalue weighted by atomic mass is 10.1. The van der Waals surface area contributed by atoms with Crippen LogP contribution in [0.1, 0.15) is 19.4 Å². The van der Waals surface area contributed by atoms with Gasteiger partial charge in [0.25, 0.3) is 5.91 Å². The van der Waals surface area contributed by atoms with Gasteiger partial charge in [-0.15, -0.1) is 0 Å². The van der Waals surface area contributed by atoms with Crippen molar-refractivity contribution in [3.63, 3.8) is 0 Å². The number of anilines is 1. The monoisotopic (exact) mass is 245 g/mol. The smallest absolute Gasteiger partial charge is 0.267 e. The molecule has 0 N–H and O–H groups in total. The van der Waals surface area contributed by atoms with Gasteiger partial charge in [0, 0.05) is 12.6 Å². The number of carbonyl (C=O) groups excluding carboxylic acids is 1. The number of rotatable bonds is 0. The van der Waals surface area contributed by atoms with Gasteiger partial charge in [-0.05, 0) is 6.07 Å². The zero-order valence-corrected chi connectivity index (χ0v) is 10.4. The highest BCUT2D eigenvalue weighted by molar-refractivity contribution is 6.60. The van der Waals surface area contributed by atoms with E-state index in [-0.39, 0.29) is 5.91 Å². The van der Waals surface area contributed by atoms with Crippen LogP contribution in [-0.2, 0) is 9.13 Å². The molecule has 0 aromatic heterocycles. The van der Waals surface area contributed by atoms with Gasteiger partial charge >= 0.3 is 0 Å². The molecule has 0 fully saturated rings. The van der Waals surface area contributed by atoms with E-state index in [4.69, 9.17) is 23.2 Å². The van der Waals surface area contributed by atoms with Crippen molar-refractivity contribution < 1.29 is 4.79 Å². The van der Waals surface area contributed by atoms with Crippen LogP contribution in [0, 0.1) is 0 Å². The fourth-order valence-corrected chi connectivity index (χ4v) is 2.04. The van der Waals surface area contributed by atoms with Gasteiger partial charge in [-0.3, -0.25) is 4.79 Å². The largest absolute Gasteiger partial charge is 0.312 e. The van der Waals surface area contributed by atoms with E-state index in [1.54, 1.807) is 13.1 Å². The number of alkyl halides is 2. The average Bonchev–Trinajstić information content (AvgIpc) is 2.45. The van der Waals surface area contributed by atoms with Crippen molar-refractivity contribution >= 4 is 34.8 Å². The Morgan fingerprint density at radius 3 is 2.27 bits per heavy atom. The third-order valence-corrected chi connectivity index (χ3v) is 2.91. The summed E-state index contributed by atoms with van der Waals surface area (Å²) in [6, 6.07) is 7.24. The quantitative estimate of drug-likeness (QED) is 0.643. The van der Waals surface area contributed by atoms with E-state index < -0.39 is 4.33 Å². The van der Waals surface area contributed by atoms with Gasteiger partial charge in [0.15, 0.2) is 0 Å². The summed E-state index contributed by atoms with van der Waals surface area (Å²) in [6.07, 6.45) is 0. The van der Waals surface area contributed by atoms with E-state index in [1.165, 1.54) is 4.90 Å². The Morgan fingerprint density at radius 2 is 1.73 bits per heavy atom. The summed E-state index contributed by atoms with van der Waals surface area (Å²) < 4.78 is -1.41. The van der Waals surface area contributed by atoms with Crippen LogP contribution in [-0.4, -0.2) is 13.0 Å². The van der Waals surface area contributed by atoms with Gasteiger partial charge < -0.3 is 4.90 Å². The first-order valence-corrected chi connectivity index (χ1v) is 5.56. The maximum absolute atomic E-state index is 11.5. The Kier molecular flexibility index (Phi) is 3.63. The second kappa shape index (κ2) is 4.42. The molecule has 1 amide bonds. The zero-order chi connectivity index (χ0) is 11.6. The van der Waals surface area contributed by atoms with E-state index in [1.807, 2.05) is 32.0 Å². The van der Waals surface area contributed by atoms with Gasteiger partial charge in [0.2, 0.25) is 4.33 Å². The first-order chi connectivity index (χ1) is 7.05. The topological polar surface area (TPSA) is 20.3 Å². The summed E-state index contributed by atoms with van der Waals surface area (Å²) in [7, 11) is 1.66. The van der Waals surface area contributed by atoms with E-state index >= 15 is 0 Å². The van der Waals surface area contributed by atoms with Crippen LogP contribution in [0.2, 0.25) is 0 Å². The first-order valence-electron chi connectivity index (χ1n) is 4.80. The predicted molar refractivity (Wildman–Crippen MR) is 64.6 cm³/mol. The second-order valence-corrected chi connectivity index (χ2v) is 4.28. The third kappa shape index (κ3) is 1.84. The minimum atomic E-state index is -1.41. The highest BCUT2D eigenvalue weighted by atomic mass is 35.5. The maximum atomic E-state index is 11.5. The molecule has 0 atom stereocenters. The molecule has 1 heterocycles. The lowest BCUT2D eigenvalue weighted by Crippen LogP contribution is -2.29. The average molecular weight is 246 g/mol. The number of fused-ring (bicyclic) bond motifs is 1. The summed E-state index contributed by atoms with van der Waals surface area (Å²) in [4.78, 5) is 13.0. The van der Waals surface area contributed by atoms with Gasteiger partial charge in [-0.1, -0.05) is 55.2 Å². The molecular weight excluding hydrogens is 233 g/mol. The molecule has 0 saturated carbocycles. The molecule has 2 rings (SSSR count). The lowest BCUT2D eigenvalue weighted by molar-refractivity contribution is -0.118. The molecule has 1 aliphatic rings. The minimum absolute atomic E-state index is 0.294. The molecule has 2 nitrogen and oxygen atoms in total. The summed E-state index contributed by atoms with van der Waals surface area (Å²) >= 11 is 11.8. The number of para-hydroxylation sites is 1. The number of hydrogen-bond acceptors (Lipinski definition) is 1. The molecule has 0 radical (unpaired) electrons. The highest BCUT2D eigenvalue weighted by Crippen LogP contribution is 2.46. The van der Waals surface area contributed by atoms with Crippen molar-refractivity contribution in [2.24, 2.45) is 0 Å². The molecular formula is C11H13Cl2NO. The summed E-state index contributed by atoms with van der Waals surface area (Å²) in [5.74, 6) is -0.294. The zero-order valence-electron chi connectivity index (χ0n) is 8.92. The number of amides is 1. The normalized spacial score (nSPS) is 16.9. The molecule has 15 heavy (non-hydrogen) atoms. The Bertz CT molecular complexity index is 377. The Morgan fingerprint density at radius 1 is 1.20 bits per heavy atom. The van der Waals surface area contributed by atoms with Crippen molar-refractivity contribution in [3.8, 4) is 0 Å². The molecule has 0 unspecified atom stereocenters. The van der Waals surface area contributed by atoms with Crippen LogP contribution in [0.4, 0.5) is 5.69 Å². The van der Waals surface area contributed by atoms with Crippen molar-refractivity contribution in [1.82, 2.24) is 0 Å². The number of hydrogen-bond donors (Lipinski definition) is 0. The van der Waals surface area contributed by atoms with Gasteiger partial charge in [0.05, 0.1) is 5.69 Å². The summed E-state index contributed by atoms with van der Waals surface area (Å²) in [5, 5.41) is 0. The molecule has 4 heteroatoms. The first kappa shape index (κ1) is 12.3. The molecule has 0 bridgehead atoms. The van der Waals surface area contributed by atoms with Crippen molar-refractivity contribution in [2.75, 3.05) is 11.9 Å². The van der Waals surface area contributed by atoms with Crippen LogP contribution >= 0.6 is 23.2 Å². The van der Waals surface area contributed by atoms with Crippen molar-refractivity contribution in [1.29, 1.82) is 0 Å². The number of halogens is 2. The summed E-state index contributed by atoms with van der Waals surface area (Å²) in [6.45, 7) is 4.00. The molecule has 1 aromatic carbocycles. The SMILES string of the molecule is CC.CN1C(=O)C(Cl)(Cl)c2ccccc21. The molecule has 0 spiro atoms. The fraction of sp³-hybridized carbons (Fsp3) is 0.364. The molecule has 0 aliphatic carbocycles. The van der Waals surface area contributed by atoms with Crippen LogP contribution in [0.15, 0.2) is 24.3 Å². The maximum Gasteiger partial charge on any atom is 0.267 e.